The molecule has 1 heterocycles. The van der Waals surface area contributed by atoms with Gasteiger partial charge < -0.3 is 14.8 Å². The van der Waals surface area contributed by atoms with Gasteiger partial charge in [0.2, 0.25) is 0 Å². The first kappa shape index (κ1) is 21.5. The molecule has 164 valence electrons. The van der Waals surface area contributed by atoms with Gasteiger partial charge in [0.25, 0.3) is 0 Å². The molecule has 0 bridgehead atoms. The van der Waals surface area contributed by atoms with Crippen LogP contribution in [0.1, 0.15) is 48.7 Å². The SMILES string of the molecule is COCc1cc(CN[C@@H]2CC(C)(C)Cc3c2cnn3-c2cccc(F)c2)ccc1OC. The lowest BCUT2D eigenvalue weighted by molar-refractivity contribution is 0.181. The molecule has 0 saturated heterocycles. The van der Waals surface area contributed by atoms with Crippen LogP contribution >= 0.6 is 0 Å². The molecule has 1 aliphatic carbocycles. The third-order valence-electron chi connectivity index (χ3n) is 5.93. The van der Waals surface area contributed by atoms with Crippen LogP contribution in [0.5, 0.6) is 5.75 Å². The Balaban J connectivity index is 1.59. The predicted molar refractivity (Wildman–Crippen MR) is 119 cm³/mol. The molecule has 0 unspecified atom stereocenters. The van der Waals surface area contributed by atoms with E-state index in [0.717, 1.165) is 42.1 Å². The molecule has 0 radical (unpaired) electrons. The highest BCUT2D eigenvalue weighted by Gasteiger charge is 2.35. The number of benzene rings is 2. The molecule has 1 aliphatic rings. The number of rotatable bonds is 7. The summed E-state index contributed by atoms with van der Waals surface area (Å²) in [5.41, 5.74) is 5.42. The van der Waals surface area contributed by atoms with Crippen molar-refractivity contribution in [2.45, 2.75) is 45.9 Å². The molecule has 1 N–H and O–H groups in total. The number of fused-ring (bicyclic) bond motifs is 1. The van der Waals surface area contributed by atoms with E-state index in [0.29, 0.717) is 6.61 Å². The lowest BCUT2D eigenvalue weighted by Crippen LogP contribution is -2.33. The minimum atomic E-state index is -0.252. The van der Waals surface area contributed by atoms with Gasteiger partial charge >= 0.3 is 0 Å². The normalized spacial score (nSPS) is 17.4. The van der Waals surface area contributed by atoms with Crippen molar-refractivity contribution in [1.29, 1.82) is 0 Å². The van der Waals surface area contributed by atoms with Gasteiger partial charge in [-0.15, -0.1) is 0 Å². The van der Waals surface area contributed by atoms with Crippen LogP contribution in [0.3, 0.4) is 0 Å². The number of aromatic nitrogens is 2. The smallest absolute Gasteiger partial charge is 0.125 e. The molecule has 0 saturated carbocycles. The van der Waals surface area contributed by atoms with E-state index in [-0.39, 0.29) is 17.3 Å². The Morgan fingerprint density at radius 3 is 2.77 bits per heavy atom. The van der Waals surface area contributed by atoms with Crippen molar-refractivity contribution in [2.75, 3.05) is 14.2 Å². The summed E-state index contributed by atoms with van der Waals surface area (Å²) >= 11 is 0. The van der Waals surface area contributed by atoms with Gasteiger partial charge in [0, 0.05) is 36.5 Å². The second-order valence-electron chi connectivity index (χ2n) is 9.00. The molecule has 4 rings (SSSR count). The first-order valence-electron chi connectivity index (χ1n) is 10.6. The molecular formula is C25H30FN3O2. The summed E-state index contributed by atoms with van der Waals surface area (Å²) in [7, 11) is 3.36. The molecular weight excluding hydrogens is 393 g/mol. The molecule has 31 heavy (non-hydrogen) atoms. The zero-order chi connectivity index (χ0) is 22.0. The fourth-order valence-electron chi connectivity index (χ4n) is 4.51. The molecule has 2 aromatic carbocycles. The average Bonchev–Trinajstić information content (AvgIpc) is 3.15. The summed E-state index contributed by atoms with van der Waals surface area (Å²) in [5, 5.41) is 8.34. The molecule has 5 nitrogen and oxygen atoms in total. The number of ether oxygens (including phenoxy) is 2. The van der Waals surface area contributed by atoms with Gasteiger partial charge in [-0.25, -0.2) is 9.07 Å². The van der Waals surface area contributed by atoms with Crippen molar-refractivity contribution in [2.24, 2.45) is 5.41 Å². The Hall–Kier alpha value is -2.70. The first-order valence-corrected chi connectivity index (χ1v) is 10.6. The highest BCUT2D eigenvalue weighted by atomic mass is 19.1. The van der Waals surface area contributed by atoms with E-state index in [4.69, 9.17) is 9.47 Å². The van der Waals surface area contributed by atoms with E-state index in [2.05, 4.69) is 36.4 Å². The maximum Gasteiger partial charge on any atom is 0.125 e. The van der Waals surface area contributed by atoms with Gasteiger partial charge in [0.1, 0.15) is 11.6 Å². The number of nitrogens with one attached hydrogen (secondary N) is 1. The van der Waals surface area contributed by atoms with Crippen LogP contribution in [0.4, 0.5) is 4.39 Å². The summed E-state index contributed by atoms with van der Waals surface area (Å²) in [5.74, 6) is 0.584. The number of nitrogens with zero attached hydrogens (tertiary/aromatic N) is 2. The van der Waals surface area contributed by atoms with Crippen LogP contribution in [0.15, 0.2) is 48.7 Å². The van der Waals surface area contributed by atoms with E-state index in [1.165, 1.54) is 23.3 Å². The van der Waals surface area contributed by atoms with Crippen LogP contribution in [0, 0.1) is 11.2 Å². The van der Waals surface area contributed by atoms with Crippen molar-refractivity contribution in [3.8, 4) is 11.4 Å². The lowest BCUT2D eigenvalue weighted by atomic mass is 9.74. The summed E-state index contributed by atoms with van der Waals surface area (Å²) in [6.07, 6.45) is 3.84. The Morgan fingerprint density at radius 1 is 1.19 bits per heavy atom. The lowest BCUT2D eigenvalue weighted by Gasteiger charge is -2.36. The van der Waals surface area contributed by atoms with Crippen LogP contribution in [0.2, 0.25) is 0 Å². The number of halogens is 1. The predicted octanol–water partition coefficient (Wildman–Crippen LogP) is 4.97. The van der Waals surface area contributed by atoms with Gasteiger partial charge in [-0.05, 0) is 54.2 Å². The van der Waals surface area contributed by atoms with E-state index in [1.807, 2.05) is 23.0 Å². The summed E-state index contributed by atoms with van der Waals surface area (Å²) in [6.45, 7) is 5.79. The Labute approximate surface area is 183 Å². The topological polar surface area (TPSA) is 48.3 Å². The van der Waals surface area contributed by atoms with Crippen LogP contribution in [0.25, 0.3) is 5.69 Å². The number of hydrogen-bond donors (Lipinski definition) is 1. The molecule has 3 aromatic rings. The minimum absolute atomic E-state index is 0.108. The van der Waals surface area contributed by atoms with Crippen molar-refractivity contribution in [3.05, 3.63) is 76.9 Å². The van der Waals surface area contributed by atoms with Crippen molar-refractivity contribution >= 4 is 0 Å². The second kappa shape index (κ2) is 8.81. The zero-order valence-corrected chi connectivity index (χ0v) is 18.6. The van der Waals surface area contributed by atoms with E-state index < -0.39 is 0 Å². The number of methoxy groups -OCH3 is 2. The molecule has 0 aliphatic heterocycles. The fourth-order valence-corrected chi connectivity index (χ4v) is 4.51. The molecule has 6 heteroatoms. The van der Waals surface area contributed by atoms with Gasteiger partial charge in [-0.1, -0.05) is 26.0 Å². The standard InChI is InChI=1S/C25H30FN3O2/c1-25(2)12-22(27-14-17-8-9-24(31-4)18(10-17)16-30-3)21-15-28-29(23(21)13-25)20-7-5-6-19(26)11-20/h5-11,15,22,27H,12-14,16H2,1-4H3/t22-/m1/s1. The first-order chi connectivity index (χ1) is 14.9. The fraction of sp³-hybridized carbons (Fsp3) is 0.400. The van der Waals surface area contributed by atoms with Gasteiger partial charge in [0.05, 0.1) is 25.6 Å². The molecule has 0 amide bonds. The number of hydrogen-bond acceptors (Lipinski definition) is 4. The van der Waals surface area contributed by atoms with E-state index in [9.17, 15) is 4.39 Å². The zero-order valence-electron chi connectivity index (χ0n) is 18.6. The van der Waals surface area contributed by atoms with Crippen LogP contribution in [-0.2, 0) is 24.3 Å². The Bertz CT molecular complexity index is 1060. The molecule has 0 fully saturated rings. The summed E-state index contributed by atoms with van der Waals surface area (Å²) < 4.78 is 26.4. The largest absolute Gasteiger partial charge is 0.496 e. The van der Waals surface area contributed by atoms with Crippen LogP contribution < -0.4 is 10.1 Å². The average molecular weight is 424 g/mol. The monoisotopic (exact) mass is 423 g/mol. The maximum atomic E-state index is 13.8. The third kappa shape index (κ3) is 4.65. The molecule has 1 aromatic heterocycles. The van der Waals surface area contributed by atoms with E-state index in [1.54, 1.807) is 20.3 Å². The minimum Gasteiger partial charge on any atom is -0.496 e. The quantitative estimate of drug-likeness (QED) is 0.583. The second-order valence-corrected chi connectivity index (χ2v) is 9.00. The summed E-state index contributed by atoms with van der Waals surface area (Å²) in [6, 6.07) is 13.0. The molecule has 0 spiro atoms. The molecule has 1 atom stereocenters. The van der Waals surface area contributed by atoms with Crippen molar-refractivity contribution in [3.63, 3.8) is 0 Å². The van der Waals surface area contributed by atoms with Crippen molar-refractivity contribution < 1.29 is 13.9 Å². The summed E-state index contributed by atoms with van der Waals surface area (Å²) in [4.78, 5) is 0. The van der Waals surface area contributed by atoms with Crippen LogP contribution in [-0.4, -0.2) is 24.0 Å². The van der Waals surface area contributed by atoms with Gasteiger partial charge in [-0.2, -0.15) is 5.10 Å². The van der Waals surface area contributed by atoms with Gasteiger partial charge in [0.15, 0.2) is 0 Å². The highest BCUT2D eigenvalue weighted by Crippen LogP contribution is 2.41. The Kier molecular flexibility index (Phi) is 6.12. The Morgan fingerprint density at radius 2 is 2.03 bits per heavy atom. The highest BCUT2D eigenvalue weighted by molar-refractivity contribution is 5.39. The van der Waals surface area contributed by atoms with E-state index >= 15 is 0 Å². The maximum absolute atomic E-state index is 13.8. The van der Waals surface area contributed by atoms with Crippen molar-refractivity contribution in [1.82, 2.24) is 15.1 Å². The van der Waals surface area contributed by atoms with Gasteiger partial charge in [-0.3, -0.25) is 0 Å². The third-order valence-corrected chi connectivity index (χ3v) is 5.93.